The van der Waals surface area contributed by atoms with Gasteiger partial charge in [-0.3, -0.25) is 9.69 Å². The second kappa shape index (κ2) is 8.82. The highest BCUT2D eigenvalue weighted by molar-refractivity contribution is 5.78. The Morgan fingerprint density at radius 1 is 1.12 bits per heavy atom. The summed E-state index contributed by atoms with van der Waals surface area (Å²) in [7, 11) is 0. The largest absolute Gasteiger partial charge is 0.348 e. The lowest BCUT2D eigenvalue weighted by Crippen LogP contribution is -2.43. The van der Waals surface area contributed by atoms with E-state index in [1.54, 1.807) is 0 Å². The quantitative estimate of drug-likeness (QED) is 0.870. The van der Waals surface area contributed by atoms with Gasteiger partial charge in [0.05, 0.1) is 12.6 Å². The van der Waals surface area contributed by atoms with Crippen molar-refractivity contribution in [2.75, 3.05) is 19.6 Å². The summed E-state index contributed by atoms with van der Waals surface area (Å²) in [4.78, 5) is 14.9. The molecule has 3 nitrogen and oxygen atoms in total. The lowest BCUT2D eigenvalue weighted by molar-refractivity contribution is -0.123. The maximum absolute atomic E-state index is 12.6. The van der Waals surface area contributed by atoms with Gasteiger partial charge in [0, 0.05) is 6.54 Å². The molecule has 0 saturated carbocycles. The number of hydrogen-bond donors (Lipinski definition) is 1. The third-order valence-electron chi connectivity index (χ3n) is 4.93. The SMILES string of the molecule is CC1CCCN(CC(=O)NC(Cc2ccccc2)c2ccccc2)C1. The third kappa shape index (κ3) is 5.43. The molecule has 3 heteroatoms. The Balaban J connectivity index is 1.65. The van der Waals surface area contributed by atoms with Gasteiger partial charge in [0.2, 0.25) is 5.91 Å². The standard InChI is InChI=1S/C22H28N2O/c1-18-9-8-14-24(16-18)17-22(25)23-21(20-12-6-3-7-13-20)15-19-10-4-2-5-11-19/h2-7,10-13,18,21H,8-9,14-17H2,1H3,(H,23,25). The van der Waals surface area contributed by atoms with Crippen LogP contribution in [0.3, 0.4) is 0 Å². The molecule has 1 aliphatic heterocycles. The van der Waals surface area contributed by atoms with Crippen LogP contribution in [-0.4, -0.2) is 30.4 Å². The van der Waals surface area contributed by atoms with E-state index in [4.69, 9.17) is 0 Å². The van der Waals surface area contributed by atoms with Crippen molar-refractivity contribution in [3.63, 3.8) is 0 Å². The van der Waals surface area contributed by atoms with Gasteiger partial charge in [-0.05, 0) is 42.9 Å². The number of rotatable bonds is 6. The molecule has 0 bridgehead atoms. The molecule has 1 heterocycles. The van der Waals surface area contributed by atoms with Gasteiger partial charge in [-0.1, -0.05) is 67.6 Å². The van der Waals surface area contributed by atoms with E-state index in [0.717, 1.165) is 25.1 Å². The summed E-state index contributed by atoms with van der Waals surface area (Å²) in [6, 6.07) is 20.6. The predicted molar refractivity (Wildman–Crippen MR) is 102 cm³/mol. The fourth-order valence-corrected chi connectivity index (χ4v) is 3.66. The summed E-state index contributed by atoms with van der Waals surface area (Å²) >= 11 is 0. The molecule has 25 heavy (non-hydrogen) atoms. The average molecular weight is 336 g/mol. The zero-order valence-corrected chi connectivity index (χ0v) is 15.0. The summed E-state index contributed by atoms with van der Waals surface area (Å²) in [5.41, 5.74) is 2.40. The molecular weight excluding hydrogens is 308 g/mol. The molecular formula is C22H28N2O. The van der Waals surface area contributed by atoms with Crippen LogP contribution in [0.25, 0.3) is 0 Å². The van der Waals surface area contributed by atoms with Crippen molar-refractivity contribution in [1.29, 1.82) is 0 Å². The van der Waals surface area contributed by atoms with Gasteiger partial charge < -0.3 is 5.32 Å². The van der Waals surface area contributed by atoms with Gasteiger partial charge in [-0.25, -0.2) is 0 Å². The third-order valence-corrected chi connectivity index (χ3v) is 4.93. The van der Waals surface area contributed by atoms with Gasteiger partial charge >= 0.3 is 0 Å². The number of piperidine rings is 1. The van der Waals surface area contributed by atoms with E-state index in [1.165, 1.54) is 18.4 Å². The highest BCUT2D eigenvalue weighted by atomic mass is 16.2. The van der Waals surface area contributed by atoms with Gasteiger partial charge in [0.1, 0.15) is 0 Å². The number of likely N-dealkylation sites (tertiary alicyclic amines) is 1. The Hall–Kier alpha value is -2.13. The highest BCUT2D eigenvalue weighted by Gasteiger charge is 2.21. The van der Waals surface area contributed by atoms with Crippen LogP contribution in [0.2, 0.25) is 0 Å². The van der Waals surface area contributed by atoms with Crippen molar-refractivity contribution in [3.8, 4) is 0 Å². The van der Waals surface area contributed by atoms with Crippen LogP contribution in [0.5, 0.6) is 0 Å². The number of nitrogens with zero attached hydrogens (tertiary/aromatic N) is 1. The highest BCUT2D eigenvalue weighted by Crippen LogP contribution is 2.19. The van der Waals surface area contributed by atoms with Crippen LogP contribution >= 0.6 is 0 Å². The summed E-state index contributed by atoms with van der Waals surface area (Å²) in [5, 5.41) is 3.26. The molecule has 1 amide bonds. The minimum atomic E-state index is 0.0123. The van der Waals surface area contributed by atoms with Crippen molar-refractivity contribution < 1.29 is 4.79 Å². The van der Waals surface area contributed by atoms with Crippen LogP contribution in [-0.2, 0) is 11.2 Å². The van der Waals surface area contributed by atoms with E-state index in [1.807, 2.05) is 36.4 Å². The zero-order valence-electron chi connectivity index (χ0n) is 15.0. The van der Waals surface area contributed by atoms with Crippen LogP contribution in [0, 0.1) is 5.92 Å². The molecule has 2 atom stereocenters. The van der Waals surface area contributed by atoms with Crippen molar-refractivity contribution in [2.45, 2.75) is 32.2 Å². The van der Waals surface area contributed by atoms with E-state index >= 15 is 0 Å². The molecule has 1 saturated heterocycles. The van der Waals surface area contributed by atoms with Crippen molar-refractivity contribution in [3.05, 3.63) is 71.8 Å². The van der Waals surface area contributed by atoms with E-state index in [9.17, 15) is 4.79 Å². The summed E-state index contributed by atoms with van der Waals surface area (Å²) in [6.07, 6.45) is 3.28. The molecule has 2 aromatic carbocycles. The maximum atomic E-state index is 12.6. The molecule has 1 aliphatic rings. The molecule has 1 fully saturated rings. The molecule has 132 valence electrons. The van der Waals surface area contributed by atoms with Gasteiger partial charge in [-0.15, -0.1) is 0 Å². The van der Waals surface area contributed by atoms with E-state index in [0.29, 0.717) is 12.5 Å². The fourth-order valence-electron chi connectivity index (χ4n) is 3.66. The number of nitrogens with one attached hydrogen (secondary N) is 1. The summed E-state index contributed by atoms with van der Waals surface area (Å²) in [6.45, 7) is 4.84. The summed E-state index contributed by atoms with van der Waals surface area (Å²) in [5.74, 6) is 0.815. The zero-order chi connectivity index (χ0) is 17.5. The van der Waals surface area contributed by atoms with Crippen molar-refractivity contribution >= 4 is 5.91 Å². The Bertz CT molecular complexity index is 656. The lowest BCUT2D eigenvalue weighted by Gasteiger charge is -2.31. The number of carbonyl (C=O) groups is 1. The molecule has 0 aromatic heterocycles. The second-order valence-corrected chi connectivity index (χ2v) is 7.20. The number of benzene rings is 2. The van der Waals surface area contributed by atoms with Crippen LogP contribution in [0.15, 0.2) is 60.7 Å². The average Bonchev–Trinajstić information content (AvgIpc) is 2.63. The first kappa shape index (κ1) is 17.7. The minimum Gasteiger partial charge on any atom is -0.348 e. The molecule has 1 N–H and O–H groups in total. The topological polar surface area (TPSA) is 32.3 Å². The van der Waals surface area contributed by atoms with Gasteiger partial charge in [0.15, 0.2) is 0 Å². The molecule has 0 radical (unpaired) electrons. The van der Waals surface area contributed by atoms with Crippen LogP contribution in [0.4, 0.5) is 0 Å². The van der Waals surface area contributed by atoms with Gasteiger partial charge in [0.25, 0.3) is 0 Å². The first-order valence-corrected chi connectivity index (χ1v) is 9.31. The van der Waals surface area contributed by atoms with Crippen molar-refractivity contribution in [2.24, 2.45) is 5.92 Å². The Morgan fingerprint density at radius 2 is 1.80 bits per heavy atom. The molecule has 2 aromatic rings. The van der Waals surface area contributed by atoms with E-state index < -0.39 is 0 Å². The smallest absolute Gasteiger partial charge is 0.234 e. The summed E-state index contributed by atoms with van der Waals surface area (Å²) < 4.78 is 0. The van der Waals surface area contributed by atoms with Gasteiger partial charge in [-0.2, -0.15) is 0 Å². The number of carbonyl (C=O) groups excluding carboxylic acids is 1. The molecule has 0 aliphatic carbocycles. The maximum Gasteiger partial charge on any atom is 0.234 e. The first-order chi connectivity index (χ1) is 12.2. The van der Waals surface area contributed by atoms with Crippen molar-refractivity contribution in [1.82, 2.24) is 10.2 Å². The van der Waals surface area contributed by atoms with Crippen LogP contribution < -0.4 is 5.32 Å². The molecule has 0 spiro atoms. The van der Waals surface area contributed by atoms with E-state index in [2.05, 4.69) is 41.4 Å². The minimum absolute atomic E-state index is 0.0123. The second-order valence-electron chi connectivity index (χ2n) is 7.20. The predicted octanol–water partition coefficient (Wildman–Crippen LogP) is 3.82. The fraction of sp³-hybridized carbons (Fsp3) is 0.409. The Kier molecular flexibility index (Phi) is 6.24. The molecule has 3 rings (SSSR count). The normalized spacial score (nSPS) is 19.3. The lowest BCUT2D eigenvalue weighted by atomic mass is 9.98. The first-order valence-electron chi connectivity index (χ1n) is 9.31. The van der Waals surface area contributed by atoms with Crippen LogP contribution in [0.1, 0.15) is 36.9 Å². The molecule has 2 unspecified atom stereocenters. The number of hydrogen-bond acceptors (Lipinski definition) is 2. The number of amides is 1. The monoisotopic (exact) mass is 336 g/mol. The Labute approximate surface area is 151 Å². The van der Waals surface area contributed by atoms with E-state index in [-0.39, 0.29) is 11.9 Å². The Morgan fingerprint density at radius 3 is 2.48 bits per heavy atom.